The molecule has 0 spiro atoms. The largest absolute Gasteiger partial charge is 0.454 e. The Morgan fingerprint density at radius 1 is 0.565 bits per heavy atom. The van der Waals surface area contributed by atoms with Crippen LogP contribution in [-0.4, -0.2) is 47.8 Å². The van der Waals surface area contributed by atoms with Crippen LogP contribution in [0.15, 0.2) is 109 Å². The van der Waals surface area contributed by atoms with Gasteiger partial charge in [0.05, 0.1) is 0 Å². The van der Waals surface area contributed by atoms with Crippen LogP contribution in [0.2, 0.25) is 0 Å². The van der Waals surface area contributed by atoms with E-state index < -0.39 is 47.8 Å². The number of amides is 2. The summed E-state index contributed by atoms with van der Waals surface area (Å²) in [6.45, 7) is 0. The SMILES string of the molecule is O=C(Nc1cccc(NC(=O)C(Cc2ccccc2)NC=CC(=O)C(F)(F)F)c1)C(Cc1ccccc1)NC=CC(=O)C(F)(F)F. The van der Waals surface area contributed by atoms with E-state index in [1.54, 1.807) is 60.7 Å². The quantitative estimate of drug-likeness (QED) is 0.140. The Labute approximate surface area is 259 Å². The number of hydrogen-bond donors (Lipinski definition) is 4. The molecule has 2 amide bonds. The van der Waals surface area contributed by atoms with E-state index in [4.69, 9.17) is 0 Å². The number of anilines is 2. The predicted octanol–water partition coefficient (Wildman–Crippen LogP) is 5.26. The number of halogens is 6. The van der Waals surface area contributed by atoms with E-state index >= 15 is 0 Å². The lowest BCUT2D eigenvalue weighted by molar-refractivity contribution is -0.165. The molecule has 242 valence electrons. The second kappa shape index (κ2) is 16.1. The van der Waals surface area contributed by atoms with Crippen molar-refractivity contribution >= 4 is 34.8 Å². The number of alkyl halides is 6. The van der Waals surface area contributed by atoms with Gasteiger partial charge in [0, 0.05) is 48.8 Å². The zero-order chi connectivity index (χ0) is 33.7. The monoisotopic (exact) mass is 646 g/mol. The second-order valence-corrected chi connectivity index (χ2v) is 9.77. The number of hydrogen-bond acceptors (Lipinski definition) is 6. The van der Waals surface area contributed by atoms with E-state index in [1.807, 2.05) is 0 Å². The summed E-state index contributed by atoms with van der Waals surface area (Å²) in [6.07, 6.45) is -8.02. The molecule has 46 heavy (non-hydrogen) atoms. The van der Waals surface area contributed by atoms with Gasteiger partial charge in [-0.05, 0) is 29.3 Å². The van der Waals surface area contributed by atoms with Gasteiger partial charge in [0.25, 0.3) is 11.6 Å². The number of ketones is 2. The number of nitrogens with one attached hydrogen (secondary N) is 4. The average molecular weight is 647 g/mol. The Morgan fingerprint density at radius 3 is 1.28 bits per heavy atom. The number of rotatable bonds is 14. The second-order valence-electron chi connectivity index (χ2n) is 9.77. The molecule has 0 aliphatic rings. The van der Waals surface area contributed by atoms with Gasteiger partial charge in [0.2, 0.25) is 11.8 Å². The summed E-state index contributed by atoms with van der Waals surface area (Å²) in [6, 6.07) is 20.8. The molecule has 14 heteroatoms. The molecule has 3 rings (SSSR count). The third-order valence-corrected chi connectivity index (χ3v) is 6.22. The molecule has 0 fully saturated rings. The van der Waals surface area contributed by atoms with Crippen LogP contribution in [0.5, 0.6) is 0 Å². The molecule has 4 N–H and O–H groups in total. The standard InChI is InChI=1S/C32H28F6N4O4/c33-31(34,35)27(43)14-16-39-25(18-21-8-3-1-4-9-21)29(45)41-23-12-7-13-24(20-23)42-30(46)26(19-22-10-5-2-6-11-22)40-17-15-28(44)32(36,37)38/h1-17,20,25-26,39-40H,18-19H2,(H,41,45)(H,42,46). The summed E-state index contributed by atoms with van der Waals surface area (Å²) in [7, 11) is 0. The normalized spacial score (nSPS) is 13.2. The fraction of sp³-hybridized carbons (Fsp3) is 0.188. The number of allylic oxidation sites excluding steroid dienone is 2. The fourth-order valence-corrected chi connectivity index (χ4v) is 3.96. The molecule has 8 nitrogen and oxygen atoms in total. The van der Waals surface area contributed by atoms with Crippen LogP contribution < -0.4 is 21.3 Å². The zero-order valence-electron chi connectivity index (χ0n) is 23.9. The lowest BCUT2D eigenvalue weighted by atomic mass is 10.0. The molecule has 0 radical (unpaired) electrons. The Balaban J connectivity index is 1.74. The molecule has 0 aliphatic heterocycles. The van der Waals surface area contributed by atoms with Gasteiger partial charge < -0.3 is 21.3 Å². The number of carbonyl (C=O) groups excluding carboxylic acids is 4. The maximum absolute atomic E-state index is 13.2. The van der Waals surface area contributed by atoms with Gasteiger partial charge in [0.1, 0.15) is 12.1 Å². The van der Waals surface area contributed by atoms with Crippen molar-refractivity contribution in [2.75, 3.05) is 10.6 Å². The Bertz CT molecular complexity index is 1450. The molecule has 0 saturated heterocycles. The van der Waals surface area contributed by atoms with Crippen molar-refractivity contribution in [2.45, 2.75) is 37.3 Å². The minimum Gasteiger partial charge on any atom is -0.379 e. The van der Waals surface area contributed by atoms with Crippen LogP contribution in [0, 0.1) is 0 Å². The molecule has 3 aromatic carbocycles. The van der Waals surface area contributed by atoms with Crippen molar-refractivity contribution in [3.63, 3.8) is 0 Å². The van der Waals surface area contributed by atoms with Crippen molar-refractivity contribution in [3.05, 3.63) is 121 Å². The van der Waals surface area contributed by atoms with Crippen LogP contribution in [0.3, 0.4) is 0 Å². The highest BCUT2D eigenvalue weighted by molar-refractivity contribution is 5.99. The molecule has 0 saturated carbocycles. The minimum absolute atomic E-state index is 0.0465. The molecule has 0 heterocycles. The van der Waals surface area contributed by atoms with E-state index in [0.717, 1.165) is 12.4 Å². The van der Waals surface area contributed by atoms with E-state index in [0.29, 0.717) is 11.1 Å². The van der Waals surface area contributed by atoms with Crippen LogP contribution in [-0.2, 0) is 32.0 Å². The van der Waals surface area contributed by atoms with Crippen molar-refractivity contribution in [1.82, 2.24) is 10.6 Å². The summed E-state index contributed by atoms with van der Waals surface area (Å²) in [5, 5.41) is 10.3. The molecule has 3 aromatic rings. The summed E-state index contributed by atoms with van der Waals surface area (Å²) >= 11 is 0. The summed E-state index contributed by atoms with van der Waals surface area (Å²) in [5.74, 6) is -5.55. The highest BCUT2D eigenvalue weighted by atomic mass is 19.4. The Hall–Kier alpha value is -5.40. The summed E-state index contributed by atoms with van der Waals surface area (Å²) < 4.78 is 75.5. The summed E-state index contributed by atoms with van der Waals surface area (Å²) in [4.78, 5) is 48.7. The van der Waals surface area contributed by atoms with Gasteiger partial charge in [-0.3, -0.25) is 19.2 Å². The van der Waals surface area contributed by atoms with Gasteiger partial charge >= 0.3 is 12.4 Å². The maximum atomic E-state index is 13.2. The lowest BCUT2D eigenvalue weighted by Gasteiger charge is -2.19. The van der Waals surface area contributed by atoms with E-state index in [9.17, 15) is 45.5 Å². The molecule has 2 unspecified atom stereocenters. The van der Waals surface area contributed by atoms with Crippen LogP contribution in [0.1, 0.15) is 11.1 Å². The summed E-state index contributed by atoms with van der Waals surface area (Å²) in [5.41, 5.74) is 1.74. The van der Waals surface area contributed by atoms with E-state index in [2.05, 4.69) is 21.3 Å². The van der Waals surface area contributed by atoms with Crippen molar-refractivity contribution < 1.29 is 45.5 Å². The third-order valence-electron chi connectivity index (χ3n) is 6.22. The molecular weight excluding hydrogens is 618 g/mol. The molecule has 0 bridgehead atoms. The first-order valence-electron chi connectivity index (χ1n) is 13.6. The van der Waals surface area contributed by atoms with Crippen LogP contribution in [0.4, 0.5) is 37.7 Å². The third kappa shape index (κ3) is 11.6. The maximum Gasteiger partial charge on any atom is 0.454 e. The molecular formula is C32H28F6N4O4. The fourth-order valence-electron chi connectivity index (χ4n) is 3.96. The smallest absolute Gasteiger partial charge is 0.379 e. The number of benzene rings is 3. The minimum atomic E-state index is -5.08. The lowest BCUT2D eigenvalue weighted by Crippen LogP contribution is -2.40. The van der Waals surface area contributed by atoms with Gasteiger partial charge in [-0.2, -0.15) is 26.3 Å². The van der Waals surface area contributed by atoms with Gasteiger partial charge in [-0.1, -0.05) is 66.7 Å². The topological polar surface area (TPSA) is 116 Å². The Morgan fingerprint density at radius 2 is 0.935 bits per heavy atom. The first-order chi connectivity index (χ1) is 21.7. The van der Waals surface area contributed by atoms with Crippen molar-refractivity contribution in [1.29, 1.82) is 0 Å². The van der Waals surface area contributed by atoms with Crippen LogP contribution >= 0.6 is 0 Å². The van der Waals surface area contributed by atoms with Gasteiger partial charge in [-0.25, -0.2) is 0 Å². The predicted molar refractivity (Wildman–Crippen MR) is 158 cm³/mol. The van der Waals surface area contributed by atoms with Gasteiger partial charge in [-0.15, -0.1) is 0 Å². The van der Waals surface area contributed by atoms with E-state index in [1.165, 1.54) is 24.3 Å². The zero-order valence-corrected chi connectivity index (χ0v) is 23.9. The first-order valence-corrected chi connectivity index (χ1v) is 13.6. The molecule has 0 aliphatic carbocycles. The molecule has 0 aromatic heterocycles. The number of carbonyl (C=O) groups is 4. The van der Waals surface area contributed by atoms with Gasteiger partial charge in [0.15, 0.2) is 0 Å². The van der Waals surface area contributed by atoms with E-state index in [-0.39, 0.29) is 36.4 Å². The van der Waals surface area contributed by atoms with Crippen molar-refractivity contribution in [3.8, 4) is 0 Å². The molecule has 2 atom stereocenters. The Kier molecular flexibility index (Phi) is 12.3. The van der Waals surface area contributed by atoms with Crippen LogP contribution in [0.25, 0.3) is 0 Å². The highest BCUT2D eigenvalue weighted by Crippen LogP contribution is 2.19. The average Bonchev–Trinajstić information content (AvgIpc) is 3.00. The van der Waals surface area contributed by atoms with Crippen molar-refractivity contribution in [2.24, 2.45) is 0 Å². The first kappa shape index (κ1) is 35.1. The highest BCUT2D eigenvalue weighted by Gasteiger charge is 2.37.